The van der Waals surface area contributed by atoms with Gasteiger partial charge >= 0.3 is 0 Å². The van der Waals surface area contributed by atoms with Gasteiger partial charge in [0, 0.05) is 35.3 Å². The van der Waals surface area contributed by atoms with E-state index in [4.69, 9.17) is 5.73 Å². The van der Waals surface area contributed by atoms with Gasteiger partial charge in [-0.3, -0.25) is 10.1 Å². The third kappa shape index (κ3) is 3.10. The molecular weight excluding hydrogens is 262 g/mol. The Balaban J connectivity index is 2.02. The summed E-state index contributed by atoms with van der Waals surface area (Å²) in [5.41, 5.74) is 8.38. The molecule has 0 amide bonds. The average molecular weight is 277 g/mol. The van der Waals surface area contributed by atoms with E-state index in [0.29, 0.717) is 18.7 Å². The number of nitro groups is 1. The van der Waals surface area contributed by atoms with Crippen LogP contribution in [0.4, 0.5) is 11.4 Å². The highest BCUT2D eigenvalue weighted by Gasteiger charge is 2.12. The molecule has 100 valence electrons. The van der Waals surface area contributed by atoms with Gasteiger partial charge in [0.05, 0.1) is 4.92 Å². The Morgan fingerprint density at radius 2 is 2.16 bits per heavy atom. The molecule has 0 aliphatic carbocycles. The van der Waals surface area contributed by atoms with Gasteiger partial charge in [-0.2, -0.15) is 0 Å². The maximum atomic E-state index is 10.8. The predicted octanol–water partition coefficient (Wildman–Crippen LogP) is 2.84. The number of nitrogens with one attached hydrogen (secondary N) is 1. The minimum Gasteiger partial charge on any atom is -0.398 e. The zero-order valence-corrected chi connectivity index (χ0v) is 11.4. The number of hydrogen-bond acceptors (Lipinski definition) is 5. The molecule has 0 bridgehead atoms. The number of nitrogens with zero attached hydrogens (tertiary/aromatic N) is 1. The number of thiophene rings is 1. The average Bonchev–Trinajstić information content (AvgIpc) is 2.77. The maximum Gasteiger partial charge on any atom is 0.272 e. The van der Waals surface area contributed by atoms with E-state index in [9.17, 15) is 10.1 Å². The quantitative estimate of drug-likeness (QED) is 0.650. The first-order chi connectivity index (χ1) is 9.09. The van der Waals surface area contributed by atoms with Crippen LogP contribution < -0.4 is 11.1 Å². The van der Waals surface area contributed by atoms with E-state index in [2.05, 4.69) is 5.32 Å². The lowest BCUT2D eigenvalue weighted by Crippen LogP contribution is -2.13. The van der Waals surface area contributed by atoms with Crippen molar-refractivity contribution in [3.8, 4) is 0 Å². The topological polar surface area (TPSA) is 81.2 Å². The first-order valence-electron chi connectivity index (χ1n) is 5.85. The van der Waals surface area contributed by atoms with E-state index >= 15 is 0 Å². The van der Waals surface area contributed by atoms with E-state index in [1.165, 1.54) is 6.07 Å². The molecule has 3 N–H and O–H groups in total. The van der Waals surface area contributed by atoms with Crippen molar-refractivity contribution in [3.63, 3.8) is 0 Å². The second-order valence-corrected chi connectivity index (χ2v) is 5.22. The van der Waals surface area contributed by atoms with Crippen molar-refractivity contribution >= 4 is 22.7 Å². The summed E-state index contributed by atoms with van der Waals surface area (Å²) in [6.07, 6.45) is 0. The van der Waals surface area contributed by atoms with Crippen molar-refractivity contribution in [2.24, 2.45) is 0 Å². The molecule has 0 saturated carbocycles. The fraction of sp³-hybridized carbons (Fsp3) is 0.231. The zero-order valence-electron chi connectivity index (χ0n) is 10.6. The Bertz CT molecular complexity index is 595. The van der Waals surface area contributed by atoms with Gasteiger partial charge in [-0.25, -0.2) is 0 Å². The molecule has 0 saturated heterocycles. The number of nitrogen functional groups attached to an aromatic ring is 1. The first kappa shape index (κ1) is 13.5. The molecule has 1 heterocycles. The molecule has 19 heavy (non-hydrogen) atoms. The highest BCUT2D eigenvalue weighted by atomic mass is 32.1. The molecule has 0 aliphatic rings. The number of hydrogen-bond donors (Lipinski definition) is 2. The summed E-state index contributed by atoms with van der Waals surface area (Å²) in [5, 5.41) is 16.1. The molecule has 0 spiro atoms. The molecule has 0 unspecified atom stereocenters. The first-order valence-corrected chi connectivity index (χ1v) is 6.73. The minimum atomic E-state index is -0.351. The Kier molecular flexibility index (Phi) is 4.13. The summed E-state index contributed by atoms with van der Waals surface area (Å²) in [4.78, 5) is 11.6. The molecule has 0 atom stereocenters. The van der Waals surface area contributed by atoms with Crippen molar-refractivity contribution in [1.29, 1.82) is 0 Å². The van der Waals surface area contributed by atoms with Gasteiger partial charge in [-0.05, 0) is 23.9 Å². The van der Waals surface area contributed by atoms with Crippen LogP contribution >= 0.6 is 11.3 Å². The monoisotopic (exact) mass is 277 g/mol. The van der Waals surface area contributed by atoms with E-state index in [0.717, 1.165) is 16.1 Å². The number of rotatable bonds is 5. The van der Waals surface area contributed by atoms with Crippen LogP contribution in [0.15, 0.2) is 29.6 Å². The van der Waals surface area contributed by atoms with Gasteiger partial charge in [-0.15, -0.1) is 11.3 Å². The minimum absolute atomic E-state index is 0.162. The summed E-state index contributed by atoms with van der Waals surface area (Å²) in [5.74, 6) is 0. The van der Waals surface area contributed by atoms with Gasteiger partial charge in [0.2, 0.25) is 0 Å². The molecular formula is C13H15N3O2S. The molecule has 0 aliphatic heterocycles. The lowest BCUT2D eigenvalue weighted by atomic mass is 10.1. The van der Waals surface area contributed by atoms with Crippen LogP contribution in [0.25, 0.3) is 0 Å². The third-order valence-electron chi connectivity index (χ3n) is 2.99. The zero-order chi connectivity index (χ0) is 13.8. The number of nitrogens with two attached hydrogens (primary N) is 1. The van der Waals surface area contributed by atoms with Crippen LogP contribution in [0.2, 0.25) is 0 Å². The molecule has 2 aromatic rings. The van der Waals surface area contributed by atoms with E-state index in [1.54, 1.807) is 24.3 Å². The summed E-state index contributed by atoms with van der Waals surface area (Å²) in [7, 11) is 0. The van der Waals surface area contributed by atoms with Gasteiger partial charge in [0.25, 0.3) is 5.69 Å². The smallest absolute Gasteiger partial charge is 0.272 e. The third-order valence-corrected chi connectivity index (χ3v) is 3.93. The van der Waals surface area contributed by atoms with Crippen LogP contribution in [-0.2, 0) is 13.1 Å². The number of anilines is 1. The van der Waals surface area contributed by atoms with Gasteiger partial charge in [-0.1, -0.05) is 12.1 Å². The summed E-state index contributed by atoms with van der Waals surface area (Å²) < 4.78 is 0. The molecule has 1 aromatic heterocycles. The second-order valence-electron chi connectivity index (χ2n) is 4.22. The van der Waals surface area contributed by atoms with Crippen molar-refractivity contribution in [2.45, 2.75) is 20.0 Å². The second kappa shape index (κ2) is 5.81. The van der Waals surface area contributed by atoms with Gasteiger partial charge in [0.15, 0.2) is 0 Å². The largest absolute Gasteiger partial charge is 0.398 e. The predicted molar refractivity (Wildman–Crippen MR) is 77.1 cm³/mol. The SMILES string of the molecule is Cc1c(CNCc2sccc2N)cccc1[N+](=O)[O-]. The normalized spacial score (nSPS) is 10.6. The van der Waals surface area contributed by atoms with E-state index in [-0.39, 0.29) is 10.6 Å². The summed E-state index contributed by atoms with van der Waals surface area (Å²) >= 11 is 1.60. The van der Waals surface area contributed by atoms with Crippen molar-refractivity contribution in [2.75, 3.05) is 5.73 Å². The molecule has 2 rings (SSSR count). The molecule has 0 fully saturated rings. The maximum absolute atomic E-state index is 10.8. The van der Waals surface area contributed by atoms with Gasteiger partial charge < -0.3 is 11.1 Å². The van der Waals surface area contributed by atoms with Gasteiger partial charge in [0.1, 0.15) is 0 Å². The van der Waals surface area contributed by atoms with Crippen LogP contribution in [0.3, 0.4) is 0 Å². The Labute approximate surface area is 115 Å². The fourth-order valence-corrected chi connectivity index (χ4v) is 2.63. The molecule has 1 aromatic carbocycles. The number of nitro benzene ring substituents is 1. The Morgan fingerprint density at radius 3 is 2.79 bits per heavy atom. The van der Waals surface area contributed by atoms with Crippen molar-refractivity contribution < 1.29 is 4.92 Å². The van der Waals surface area contributed by atoms with Crippen LogP contribution in [-0.4, -0.2) is 4.92 Å². The van der Waals surface area contributed by atoms with E-state index in [1.807, 2.05) is 17.5 Å². The fourth-order valence-electron chi connectivity index (χ4n) is 1.86. The highest BCUT2D eigenvalue weighted by molar-refractivity contribution is 7.10. The van der Waals surface area contributed by atoms with Crippen LogP contribution in [0, 0.1) is 17.0 Å². The van der Waals surface area contributed by atoms with Crippen molar-refractivity contribution in [3.05, 3.63) is 55.8 Å². The lowest BCUT2D eigenvalue weighted by Gasteiger charge is -2.07. The lowest BCUT2D eigenvalue weighted by molar-refractivity contribution is -0.385. The number of benzene rings is 1. The highest BCUT2D eigenvalue weighted by Crippen LogP contribution is 2.22. The van der Waals surface area contributed by atoms with Crippen molar-refractivity contribution in [1.82, 2.24) is 5.32 Å². The molecule has 5 nitrogen and oxygen atoms in total. The summed E-state index contributed by atoms with van der Waals surface area (Å²) in [6, 6.07) is 7.01. The van der Waals surface area contributed by atoms with Crippen LogP contribution in [0.5, 0.6) is 0 Å². The molecule has 6 heteroatoms. The Morgan fingerprint density at radius 1 is 1.37 bits per heavy atom. The Hall–Kier alpha value is -1.92. The molecule has 0 radical (unpaired) electrons. The standard InChI is InChI=1S/C13H15N3O2S/c1-9-10(3-2-4-12(9)16(17)18)7-15-8-13-11(14)5-6-19-13/h2-6,15H,7-8,14H2,1H3. The summed E-state index contributed by atoms with van der Waals surface area (Å²) in [6.45, 7) is 3.03. The van der Waals surface area contributed by atoms with E-state index < -0.39 is 0 Å². The van der Waals surface area contributed by atoms with Crippen LogP contribution in [0.1, 0.15) is 16.0 Å².